The molecule has 2 aromatic carbocycles. The summed E-state index contributed by atoms with van der Waals surface area (Å²) < 4.78 is 6.28. The van der Waals surface area contributed by atoms with Gasteiger partial charge in [0.2, 0.25) is 0 Å². The number of amides is 1. The number of thiophene rings is 1. The molecule has 0 spiro atoms. The Morgan fingerprint density at radius 3 is 2.12 bits per heavy atom. The van der Waals surface area contributed by atoms with Crippen molar-refractivity contribution >= 4 is 33.2 Å². The molecule has 1 saturated heterocycles. The minimum Gasteiger partial charge on any atom is -0.378 e. The molecule has 0 N–H and O–H groups in total. The average molecular weight is 428 g/mol. The third kappa shape index (κ3) is 3.34. The van der Waals surface area contributed by atoms with Crippen LogP contribution >= 0.6 is 27.3 Å². The second-order valence-corrected chi connectivity index (χ2v) is 8.43. The second-order valence-electron chi connectivity index (χ2n) is 6.09. The molecule has 3 nitrogen and oxygen atoms in total. The first kappa shape index (κ1) is 17.5. The molecule has 1 amide bonds. The summed E-state index contributed by atoms with van der Waals surface area (Å²) in [6.07, 6.45) is 0. The number of carbonyl (C=O) groups is 1. The van der Waals surface area contributed by atoms with Crippen LogP contribution in [-0.4, -0.2) is 37.1 Å². The number of hydrogen-bond donors (Lipinski definition) is 0. The first-order chi connectivity index (χ1) is 12.8. The lowest BCUT2D eigenvalue weighted by atomic mass is 9.98. The fraction of sp³-hybridized carbons (Fsp3) is 0.190. The average Bonchev–Trinajstić information content (AvgIpc) is 3.06. The summed E-state index contributed by atoms with van der Waals surface area (Å²) in [6, 6.07) is 20.4. The highest BCUT2D eigenvalue weighted by molar-refractivity contribution is 9.11. The van der Waals surface area contributed by atoms with Gasteiger partial charge >= 0.3 is 0 Å². The smallest absolute Gasteiger partial charge is 0.256 e. The Balaban J connectivity index is 1.88. The minimum absolute atomic E-state index is 0.0671. The van der Waals surface area contributed by atoms with Gasteiger partial charge in [0.1, 0.15) is 0 Å². The maximum absolute atomic E-state index is 13.3. The van der Waals surface area contributed by atoms with Crippen LogP contribution in [-0.2, 0) is 4.74 Å². The fourth-order valence-electron chi connectivity index (χ4n) is 3.19. The SMILES string of the molecule is O=C(c1c(Br)sc(-c2ccccc2)c1-c1ccccc1)N1CCOCC1. The molecule has 5 heteroatoms. The van der Waals surface area contributed by atoms with E-state index in [1.54, 1.807) is 11.3 Å². The molecule has 26 heavy (non-hydrogen) atoms. The van der Waals surface area contributed by atoms with Crippen molar-refractivity contribution in [2.45, 2.75) is 0 Å². The van der Waals surface area contributed by atoms with E-state index in [-0.39, 0.29) is 5.91 Å². The molecule has 132 valence electrons. The molecule has 2 heterocycles. The van der Waals surface area contributed by atoms with Gasteiger partial charge in [0.15, 0.2) is 0 Å². The van der Waals surface area contributed by atoms with Crippen LogP contribution < -0.4 is 0 Å². The molecule has 1 fully saturated rings. The summed E-state index contributed by atoms with van der Waals surface area (Å²) in [6.45, 7) is 2.46. The Labute approximate surface area is 165 Å². The van der Waals surface area contributed by atoms with E-state index >= 15 is 0 Å². The van der Waals surface area contributed by atoms with Gasteiger partial charge in [0.05, 0.1) is 22.6 Å². The van der Waals surface area contributed by atoms with Crippen molar-refractivity contribution in [2.75, 3.05) is 26.3 Å². The summed E-state index contributed by atoms with van der Waals surface area (Å²) in [4.78, 5) is 16.3. The number of carbonyl (C=O) groups excluding carboxylic acids is 1. The van der Waals surface area contributed by atoms with Gasteiger partial charge in [-0.05, 0) is 27.1 Å². The standard InChI is InChI=1S/C21H18BrNO2S/c22-20-18(21(24)23-11-13-25-14-12-23)17(15-7-3-1-4-8-15)19(26-20)16-9-5-2-6-10-16/h1-10H,11-14H2. The van der Waals surface area contributed by atoms with Crippen LogP contribution in [0, 0.1) is 0 Å². The normalized spacial score (nSPS) is 14.4. The van der Waals surface area contributed by atoms with E-state index in [4.69, 9.17) is 4.74 Å². The highest BCUT2D eigenvalue weighted by Gasteiger charge is 2.28. The molecule has 0 bridgehead atoms. The Morgan fingerprint density at radius 1 is 0.923 bits per heavy atom. The largest absolute Gasteiger partial charge is 0.378 e. The van der Waals surface area contributed by atoms with E-state index in [2.05, 4.69) is 40.2 Å². The molecule has 0 radical (unpaired) electrons. The zero-order valence-corrected chi connectivity index (χ0v) is 16.6. The Morgan fingerprint density at radius 2 is 1.50 bits per heavy atom. The van der Waals surface area contributed by atoms with Gasteiger partial charge in [-0.2, -0.15) is 0 Å². The van der Waals surface area contributed by atoms with Crippen molar-refractivity contribution < 1.29 is 9.53 Å². The number of ether oxygens (including phenoxy) is 1. The van der Waals surface area contributed by atoms with Gasteiger partial charge in [-0.3, -0.25) is 4.79 Å². The van der Waals surface area contributed by atoms with Crippen LogP contribution in [0.3, 0.4) is 0 Å². The van der Waals surface area contributed by atoms with Crippen LogP contribution in [0.1, 0.15) is 10.4 Å². The Hall–Kier alpha value is -1.95. The second kappa shape index (κ2) is 7.74. The van der Waals surface area contributed by atoms with Crippen molar-refractivity contribution in [2.24, 2.45) is 0 Å². The van der Waals surface area contributed by atoms with E-state index in [0.717, 1.165) is 30.9 Å². The number of halogens is 1. The van der Waals surface area contributed by atoms with Crippen molar-refractivity contribution in [3.8, 4) is 21.6 Å². The lowest BCUT2D eigenvalue weighted by Gasteiger charge is -2.27. The molecular formula is C21H18BrNO2S. The molecule has 1 aromatic heterocycles. The Kier molecular flexibility index (Phi) is 5.20. The predicted octanol–water partition coefficient (Wildman–Crippen LogP) is 5.32. The summed E-state index contributed by atoms with van der Waals surface area (Å²) in [5.74, 6) is 0.0671. The first-order valence-corrected chi connectivity index (χ1v) is 10.2. The number of benzene rings is 2. The zero-order chi connectivity index (χ0) is 17.9. The molecule has 3 aromatic rings. The number of morpholine rings is 1. The molecule has 0 saturated carbocycles. The van der Waals surface area contributed by atoms with E-state index in [9.17, 15) is 4.79 Å². The highest BCUT2D eigenvalue weighted by atomic mass is 79.9. The van der Waals surface area contributed by atoms with Gasteiger partial charge in [0, 0.05) is 23.5 Å². The molecule has 0 unspecified atom stereocenters. The molecule has 1 aliphatic rings. The molecular weight excluding hydrogens is 410 g/mol. The summed E-state index contributed by atoms with van der Waals surface area (Å²) >= 11 is 5.29. The lowest BCUT2D eigenvalue weighted by molar-refractivity contribution is 0.0303. The maximum Gasteiger partial charge on any atom is 0.256 e. The van der Waals surface area contributed by atoms with Crippen LogP contribution in [0.5, 0.6) is 0 Å². The van der Waals surface area contributed by atoms with E-state index < -0.39 is 0 Å². The fourth-order valence-corrected chi connectivity index (χ4v) is 5.09. The summed E-state index contributed by atoms with van der Waals surface area (Å²) in [5.41, 5.74) is 3.94. The van der Waals surface area contributed by atoms with E-state index in [0.29, 0.717) is 26.3 Å². The first-order valence-electron chi connectivity index (χ1n) is 8.56. The van der Waals surface area contributed by atoms with Gasteiger partial charge in [0.25, 0.3) is 5.91 Å². The topological polar surface area (TPSA) is 29.5 Å². The van der Waals surface area contributed by atoms with E-state index in [1.165, 1.54) is 0 Å². The van der Waals surface area contributed by atoms with Gasteiger partial charge in [-0.15, -0.1) is 11.3 Å². The number of rotatable bonds is 3. The Bertz CT molecular complexity index is 903. The van der Waals surface area contributed by atoms with Gasteiger partial charge < -0.3 is 9.64 Å². The summed E-state index contributed by atoms with van der Waals surface area (Å²) in [5, 5.41) is 0. The predicted molar refractivity (Wildman–Crippen MR) is 110 cm³/mol. The van der Waals surface area contributed by atoms with Crippen LogP contribution in [0.15, 0.2) is 64.5 Å². The monoisotopic (exact) mass is 427 g/mol. The quantitative estimate of drug-likeness (QED) is 0.566. The summed E-state index contributed by atoms with van der Waals surface area (Å²) in [7, 11) is 0. The third-order valence-electron chi connectivity index (χ3n) is 4.48. The molecule has 4 rings (SSSR count). The van der Waals surface area contributed by atoms with Gasteiger partial charge in [-0.25, -0.2) is 0 Å². The van der Waals surface area contributed by atoms with Crippen molar-refractivity contribution in [3.63, 3.8) is 0 Å². The number of nitrogens with zero attached hydrogens (tertiary/aromatic N) is 1. The zero-order valence-electron chi connectivity index (χ0n) is 14.2. The molecule has 0 aliphatic carbocycles. The maximum atomic E-state index is 13.3. The van der Waals surface area contributed by atoms with Crippen molar-refractivity contribution in [1.82, 2.24) is 4.90 Å². The van der Waals surface area contributed by atoms with Gasteiger partial charge in [-0.1, -0.05) is 60.7 Å². The van der Waals surface area contributed by atoms with Crippen molar-refractivity contribution in [3.05, 3.63) is 70.0 Å². The highest BCUT2D eigenvalue weighted by Crippen LogP contribution is 2.46. The molecule has 0 atom stereocenters. The third-order valence-corrected chi connectivity index (χ3v) is 6.39. The molecule has 1 aliphatic heterocycles. The number of hydrogen-bond acceptors (Lipinski definition) is 3. The lowest BCUT2D eigenvalue weighted by Crippen LogP contribution is -2.40. The van der Waals surface area contributed by atoms with Crippen LogP contribution in [0.25, 0.3) is 21.6 Å². The minimum atomic E-state index is 0.0671. The van der Waals surface area contributed by atoms with Crippen LogP contribution in [0.4, 0.5) is 0 Å². The van der Waals surface area contributed by atoms with E-state index in [1.807, 2.05) is 41.3 Å². The van der Waals surface area contributed by atoms with Crippen LogP contribution in [0.2, 0.25) is 0 Å². The van der Waals surface area contributed by atoms with Crippen molar-refractivity contribution in [1.29, 1.82) is 0 Å².